The van der Waals surface area contributed by atoms with Crippen molar-refractivity contribution in [1.82, 2.24) is 9.62 Å². The highest BCUT2D eigenvalue weighted by molar-refractivity contribution is 7.89. The number of rotatable bonds is 6. The zero-order chi connectivity index (χ0) is 17.0. The molecular formula is C15H22FN3O3S. The van der Waals surface area contributed by atoms with Crippen LogP contribution in [0, 0.1) is 11.7 Å². The van der Waals surface area contributed by atoms with Crippen LogP contribution in [0.2, 0.25) is 0 Å². The number of halogens is 1. The molecule has 6 nitrogen and oxygen atoms in total. The van der Waals surface area contributed by atoms with Gasteiger partial charge in [0, 0.05) is 25.6 Å². The van der Waals surface area contributed by atoms with Gasteiger partial charge in [-0.1, -0.05) is 12.1 Å². The van der Waals surface area contributed by atoms with Crippen LogP contribution in [0.1, 0.15) is 19.8 Å². The molecule has 128 valence electrons. The molecule has 2 unspecified atom stereocenters. The van der Waals surface area contributed by atoms with Gasteiger partial charge in [-0.3, -0.25) is 4.79 Å². The van der Waals surface area contributed by atoms with E-state index in [1.165, 1.54) is 18.2 Å². The van der Waals surface area contributed by atoms with Crippen molar-refractivity contribution in [3.05, 3.63) is 30.1 Å². The molecule has 1 fully saturated rings. The monoisotopic (exact) mass is 343 g/mol. The summed E-state index contributed by atoms with van der Waals surface area (Å²) in [6.45, 7) is 3.04. The van der Waals surface area contributed by atoms with Gasteiger partial charge in [0.05, 0.1) is 0 Å². The predicted octanol–water partition coefficient (Wildman–Crippen LogP) is 0.690. The number of hydrogen-bond donors (Lipinski definition) is 2. The van der Waals surface area contributed by atoms with Crippen LogP contribution in [0.25, 0.3) is 0 Å². The van der Waals surface area contributed by atoms with Gasteiger partial charge >= 0.3 is 0 Å². The average Bonchev–Trinajstić information content (AvgIpc) is 2.88. The molecule has 0 aliphatic carbocycles. The highest BCUT2D eigenvalue weighted by atomic mass is 32.2. The zero-order valence-corrected chi connectivity index (χ0v) is 13.9. The van der Waals surface area contributed by atoms with Crippen molar-refractivity contribution >= 4 is 15.9 Å². The minimum atomic E-state index is -3.95. The van der Waals surface area contributed by atoms with Crippen LogP contribution in [0.5, 0.6) is 0 Å². The van der Waals surface area contributed by atoms with Crippen LogP contribution in [-0.2, 0) is 14.8 Å². The molecule has 0 radical (unpaired) electrons. The molecule has 1 aromatic rings. The Morgan fingerprint density at radius 2 is 2.13 bits per heavy atom. The first kappa shape index (κ1) is 17.8. The van der Waals surface area contributed by atoms with E-state index >= 15 is 0 Å². The second-order valence-electron chi connectivity index (χ2n) is 5.81. The zero-order valence-electron chi connectivity index (χ0n) is 13.0. The van der Waals surface area contributed by atoms with Gasteiger partial charge in [-0.05, 0) is 37.9 Å². The Bertz CT molecular complexity index is 666. The lowest BCUT2D eigenvalue weighted by Gasteiger charge is -2.21. The van der Waals surface area contributed by atoms with Gasteiger partial charge in [0.15, 0.2) is 0 Å². The summed E-state index contributed by atoms with van der Waals surface area (Å²) in [5.74, 6) is -0.640. The molecule has 1 saturated heterocycles. The summed E-state index contributed by atoms with van der Waals surface area (Å²) in [6.07, 6.45) is 0.901. The van der Waals surface area contributed by atoms with E-state index in [0.717, 1.165) is 12.5 Å². The molecule has 0 spiro atoms. The van der Waals surface area contributed by atoms with Crippen molar-refractivity contribution in [2.24, 2.45) is 11.7 Å². The summed E-state index contributed by atoms with van der Waals surface area (Å²) >= 11 is 0. The number of nitrogens with zero attached hydrogens (tertiary/aromatic N) is 1. The predicted molar refractivity (Wildman–Crippen MR) is 84.5 cm³/mol. The molecule has 0 aromatic heterocycles. The number of nitrogens with two attached hydrogens (primary N) is 1. The Hall–Kier alpha value is -1.51. The molecule has 3 N–H and O–H groups in total. The number of hydrogen-bond acceptors (Lipinski definition) is 4. The SMILES string of the molecule is CC1CC(CN)CN1C(=O)CCNS(=O)(=O)c1ccccc1F. The lowest BCUT2D eigenvalue weighted by atomic mass is 10.1. The molecule has 2 rings (SSSR count). The van der Waals surface area contributed by atoms with Gasteiger partial charge in [0.2, 0.25) is 15.9 Å². The van der Waals surface area contributed by atoms with Crippen LogP contribution >= 0.6 is 0 Å². The Balaban J connectivity index is 1.90. The molecule has 23 heavy (non-hydrogen) atoms. The molecule has 1 aromatic carbocycles. The summed E-state index contributed by atoms with van der Waals surface area (Å²) in [5.41, 5.74) is 5.63. The first-order valence-corrected chi connectivity index (χ1v) is 9.07. The Morgan fingerprint density at radius 3 is 2.74 bits per heavy atom. The molecule has 1 aliphatic rings. The van der Waals surface area contributed by atoms with E-state index in [-0.39, 0.29) is 24.9 Å². The van der Waals surface area contributed by atoms with E-state index in [0.29, 0.717) is 19.0 Å². The van der Waals surface area contributed by atoms with E-state index in [2.05, 4.69) is 4.72 Å². The number of carbonyl (C=O) groups is 1. The molecule has 1 amide bonds. The Kier molecular flexibility index (Phi) is 5.72. The van der Waals surface area contributed by atoms with Crippen molar-refractivity contribution in [3.63, 3.8) is 0 Å². The van der Waals surface area contributed by atoms with Crippen molar-refractivity contribution in [2.45, 2.75) is 30.7 Å². The van der Waals surface area contributed by atoms with Crippen molar-refractivity contribution in [2.75, 3.05) is 19.6 Å². The third-order valence-electron chi connectivity index (χ3n) is 4.07. The molecule has 0 bridgehead atoms. The molecule has 0 saturated carbocycles. The first-order chi connectivity index (χ1) is 10.8. The topological polar surface area (TPSA) is 92.5 Å². The standard InChI is InChI=1S/C15H22FN3O3S/c1-11-8-12(9-17)10-19(11)15(20)6-7-18-23(21,22)14-5-3-2-4-13(14)16/h2-5,11-12,18H,6-10,17H2,1H3. The second-order valence-corrected chi connectivity index (χ2v) is 7.55. The molecule has 2 atom stereocenters. The van der Waals surface area contributed by atoms with Crippen molar-refractivity contribution < 1.29 is 17.6 Å². The van der Waals surface area contributed by atoms with Crippen molar-refractivity contribution in [3.8, 4) is 0 Å². The maximum atomic E-state index is 13.5. The highest BCUT2D eigenvalue weighted by Gasteiger charge is 2.31. The summed E-state index contributed by atoms with van der Waals surface area (Å²) in [6, 6.07) is 5.24. The Morgan fingerprint density at radius 1 is 1.43 bits per heavy atom. The van der Waals surface area contributed by atoms with Crippen molar-refractivity contribution in [1.29, 1.82) is 0 Å². The highest BCUT2D eigenvalue weighted by Crippen LogP contribution is 2.22. The van der Waals surface area contributed by atoms with E-state index in [9.17, 15) is 17.6 Å². The fraction of sp³-hybridized carbons (Fsp3) is 0.533. The van der Waals surface area contributed by atoms with Gasteiger partial charge in [-0.2, -0.15) is 0 Å². The van der Waals surface area contributed by atoms with Gasteiger partial charge < -0.3 is 10.6 Å². The number of benzene rings is 1. The summed E-state index contributed by atoms with van der Waals surface area (Å²) in [7, 11) is -3.95. The molecule has 8 heteroatoms. The van der Waals surface area contributed by atoms with E-state index < -0.39 is 20.7 Å². The maximum absolute atomic E-state index is 13.5. The van der Waals surface area contributed by atoms with E-state index in [1.807, 2.05) is 6.92 Å². The molecule has 1 heterocycles. The number of likely N-dealkylation sites (tertiary alicyclic amines) is 1. The maximum Gasteiger partial charge on any atom is 0.243 e. The quantitative estimate of drug-likeness (QED) is 0.795. The summed E-state index contributed by atoms with van der Waals surface area (Å²) in [4.78, 5) is 13.5. The number of amides is 1. The summed E-state index contributed by atoms with van der Waals surface area (Å²) < 4.78 is 39.9. The summed E-state index contributed by atoms with van der Waals surface area (Å²) in [5, 5.41) is 0. The van der Waals surface area contributed by atoms with E-state index in [4.69, 9.17) is 5.73 Å². The van der Waals surface area contributed by atoms with Gasteiger partial charge in [0.25, 0.3) is 0 Å². The smallest absolute Gasteiger partial charge is 0.243 e. The van der Waals surface area contributed by atoms with Crippen LogP contribution in [-0.4, -0.2) is 44.9 Å². The van der Waals surface area contributed by atoms with Gasteiger partial charge in [-0.25, -0.2) is 17.5 Å². The fourth-order valence-corrected chi connectivity index (χ4v) is 3.95. The normalized spacial score (nSPS) is 21.6. The van der Waals surface area contributed by atoms with Gasteiger partial charge in [-0.15, -0.1) is 0 Å². The number of carbonyl (C=O) groups excluding carboxylic acids is 1. The van der Waals surface area contributed by atoms with Crippen LogP contribution < -0.4 is 10.5 Å². The third kappa shape index (κ3) is 4.27. The number of nitrogens with one attached hydrogen (secondary N) is 1. The second kappa shape index (κ2) is 7.37. The largest absolute Gasteiger partial charge is 0.340 e. The van der Waals surface area contributed by atoms with Gasteiger partial charge in [0.1, 0.15) is 10.7 Å². The molecular weight excluding hydrogens is 321 g/mol. The first-order valence-electron chi connectivity index (χ1n) is 7.59. The van der Waals surface area contributed by atoms with Crippen LogP contribution in [0.15, 0.2) is 29.2 Å². The minimum Gasteiger partial charge on any atom is -0.340 e. The van der Waals surface area contributed by atoms with Crippen LogP contribution in [0.4, 0.5) is 4.39 Å². The lowest BCUT2D eigenvalue weighted by molar-refractivity contribution is -0.131. The lowest BCUT2D eigenvalue weighted by Crippen LogP contribution is -2.37. The van der Waals surface area contributed by atoms with Crippen LogP contribution in [0.3, 0.4) is 0 Å². The minimum absolute atomic E-state index is 0.0370. The third-order valence-corrected chi connectivity index (χ3v) is 5.57. The average molecular weight is 343 g/mol. The Labute approximate surface area is 135 Å². The number of sulfonamides is 1. The molecule has 1 aliphatic heterocycles. The fourth-order valence-electron chi connectivity index (χ4n) is 2.84. The van der Waals surface area contributed by atoms with E-state index in [1.54, 1.807) is 4.90 Å².